The summed E-state index contributed by atoms with van der Waals surface area (Å²) in [4.78, 5) is 4.22. The Hall–Kier alpha value is -4.05. The van der Waals surface area contributed by atoms with Gasteiger partial charge in [0, 0.05) is 11.9 Å². The molecule has 0 unspecified atom stereocenters. The van der Waals surface area contributed by atoms with Crippen molar-refractivity contribution in [2.24, 2.45) is 0 Å². The first-order valence-corrected chi connectivity index (χ1v) is 15.4. The summed E-state index contributed by atoms with van der Waals surface area (Å²) >= 11 is 0. The van der Waals surface area contributed by atoms with Crippen LogP contribution in [0.5, 0.6) is 11.5 Å². The third kappa shape index (κ3) is 5.43. The smallest absolute Gasteiger partial charge is 0.523 e. The minimum atomic E-state index is 0. The summed E-state index contributed by atoms with van der Waals surface area (Å²) in [6.45, 7) is 13.7. The van der Waals surface area contributed by atoms with E-state index in [1.54, 1.807) is 6.20 Å². The van der Waals surface area contributed by atoms with E-state index >= 15 is 0 Å². The van der Waals surface area contributed by atoms with Crippen LogP contribution in [0.25, 0.3) is 33.7 Å². The Morgan fingerprint density at radius 2 is 1.56 bits per heavy atom. The van der Waals surface area contributed by atoms with Gasteiger partial charge in [0.2, 0.25) is 0 Å². The van der Waals surface area contributed by atoms with Gasteiger partial charge in [-0.2, -0.15) is 11.6 Å². The van der Waals surface area contributed by atoms with Crippen molar-refractivity contribution in [2.45, 2.75) is 65.2 Å². The Morgan fingerprint density at radius 1 is 0.822 bits per heavy atom. The number of aromatic nitrogens is 3. The Labute approximate surface area is 280 Å². The van der Waals surface area contributed by atoms with Gasteiger partial charge < -0.3 is 14.3 Å². The van der Waals surface area contributed by atoms with Crippen LogP contribution in [0, 0.1) is 32.3 Å². The summed E-state index contributed by atoms with van der Waals surface area (Å²) in [5.41, 5.74) is 11.6. The van der Waals surface area contributed by atoms with Gasteiger partial charge in [0.15, 0.2) is 0 Å². The molecule has 0 bridgehead atoms. The maximum Gasteiger partial charge on any atom is 3.00 e. The van der Waals surface area contributed by atoms with Crippen molar-refractivity contribution in [1.82, 2.24) is 9.55 Å². The van der Waals surface area contributed by atoms with Gasteiger partial charge in [0.1, 0.15) is 11.3 Å². The number of rotatable bonds is 2. The number of hydrogen-bond donors (Lipinski definition) is 0. The van der Waals surface area contributed by atoms with E-state index in [-0.39, 0.29) is 30.9 Å². The molecule has 0 spiro atoms. The van der Waals surface area contributed by atoms with E-state index in [1.165, 1.54) is 34.4 Å². The number of aryl methyl sites for hydroxylation is 2. The zero-order valence-electron chi connectivity index (χ0n) is 26.7. The predicted octanol–water partition coefficient (Wildman–Crippen LogP) is 9.13. The largest absolute Gasteiger partial charge is 3.00 e. The molecule has 0 atom stereocenters. The van der Waals surface area contributed by atoms with Crippen molar-refractivity contribution in [3.8, 4) is 34.1 Å². The van der Waals surface area contributed by atoms with Crippen molar-refractivity contribution in [3.05, 3.63) is 132 Å². The van der Waals surface area contributed by atoms with Crippen molar-refractivity contribution in [1.29, 1.82) is 0 Å². The van der Waals surface area contributed by atoms with Crippen LogP contribution in [0.15, 0.2) is 91.1 Å². The molecule has 0 saturated heterocycles. The predicted molar refractivity (Wildman–Crippen MR) is 176 cm³/mol. The molecule has 6 aromatic rings. The first-order valence-electron chi connectivity index (χ1n) is 15.4. The molecule has 2 aromatic heterocycles. The summed E-state index contributed by atoms with van der Waals surface area (Å²) in [6.07, 6.45) is 7.78. The molecule has 1 aliphatic heterocycles. The first-order chi connectivity index (χ1) is 21.1. The van der Waals surface area contributed by atoms with E-state index in [1.807, 2.05) is 42.5 Å². The molecule has 5 heteroatoms. The zero-order valence-corrected chi connectivity index (χ0v) is 29.1. The number of ether oxygens (including phenoxy) is 1. The van der Waals surface area contributed by atoms with Crippen LogP contribution < -0.4 is 9.30 Å². The molecule has 1 aliphatic carbocycles. The van der Waals surface area contributed by atoms with Crippen LogP contribution in [0.2, 0.25) is 0 Å². The Bertz CT molecular complexity index is 1950. The fourth-order valence-electron chi connectivity index (χ4n) is 6.60. The van der Waals surface area contributed by atoms with E-state index in [0.29, 0.717) is 0 Å². The Kier molecular flexibility index (Phi) is 8.05. The number of benzene rings is 4. The summed E-state index contributed by atoms with van der Waals surface area (Å²) in [5.74, 6) is 1.74. The van der Waals surface area contributed by atoms with Crippen molar-refractivity contribution in [3.63, 3.8) is 0 Å². The van der Waals surface area contributed by atoms with Crippen LogP contribution in [0.3, 0.4) is 0 Å². The number of pyridine rings is 1. The van der Waals surface area contributed by atoms with Gasteiger partial charge in [-0.25, -0.2) is 0 Å². The van der Waals surface area contributed by atoms with Gasteiger partial charge in [0.25, 0.3) is 6.33 Å². The summed E-state index contributed by atoms with van der Waals surface area (Å²) in [7, 11) is 0. The molecule has 0 saturated carbocycles. The van der Waals surface area contributed by atoms with E-state index in [9.17, 15) is 0 Å². The second-order valence-electron chi connectivity index (χ2n) is 13.3. The zero-order chi connectivity index (χ0) is 30.6. The molecule has 0 radical (unpaired) electrons. The quantitative estimate of drug-likeness (QED) is 0.130. The molecule has 0 fully saturated rings. The van der Waals surface area contributed by atoms with Crippen molar-refractivity contribution in [2.75, 3.05) is 0 Å². The minimum absolute atomic E-state index is 0. The fourth-order valence-corrected chi connectivity index (χ4v) is 6.60. The molecule has 45 heavy (non-hydrogen) atoms. The van der Waals surface area contributed by atoms with Crippen LogP contribution in [-0.2, 0) is 30.9 Å². The van der Waals surface area contributed by atoms with Gasteiger partial charge in [-0.15, -0.1) is 47.5 Å². The molecular formula is C40H37IrN3O+. The van der Waals surface area contributed by atoms with Gasteiger partial charge in [-0.3, -0.25) is 4.57 Å². The third-order valence-corrected chi connectivity index (χ3v) is 9.20. The minimum Gasteiger partial charge on any atom is -0.523 e. The van der Waals surface area contributed by atoms with E-state index in [4.69, 9.17) is 4.74 Å². The monoisotopic (exact) mass is 768 g/mol. The van der Waals surface area contributed by atoms with E-state index in [2.05, 4.69) is 117 Å². The van der Waals surface area contributed by atoms with Crippen LogP contribution in [0.4, 0.5) is 0 Å². The summed E-state index contributed by atoms with van der Waals surface area (Å²) in [5, 5.41) is 0. The topological polar surface area (TPSA) is 30.9 Å². The van der Waals surface area contributed by atoms with Gasteiger partial charge >= 0.3 is 20.1 Å². The Balaban J connectivity index is 0.000000231. The van der Waals surface area contributed by atoms with Crippen molar-refractivity contribution >= 4 is 11.0 Å². The second kappa shape index (κ2) is 11.7. The van der Waals surface area contributed by atoms with E-state index in [0.717, 1.165) is 45.9 Å². The third-order valence-electron chi connectivity index (χ3n) is 9.20. The van der Waals surface area contributed by atoms with Crippen LogP contribution in [0.1, 0.15) is 62.8 Å². The molecule has 0 amide bonds. The average Bonchev–Trinajstić information content (AvgIpc) is 3.41. The normalized spacial score (nSPS) is 15.1. The summed E-state index contributed by atoms with van der Waals surface area (Å²) in [6, 6.07) is 35.6. The molecule has 8 rings (SSSR count). The first kappa shape index (κ1) is 31.0. The van der Waals surface area contributed by atoms with Crippen molar-refractivity contribution < 1.29 is 29.4 Å². The van der Waals surface area contributed by atoms with Gasteiger partial charge in [0.05, 0.1) is 11.2 Å². The number of hydrogen-bond acceptors (Lipinski definition) is 2. The number of imidazole rings is 1. The van der Waals surface area contributed by atoms with Gasteiger partial charge in [-0.1, -0.05) is 82.0 Å². The second-order valence-corrected chi connectivity index (χ2v) is 13.3. The van der Waals surface area contributed by atoms with Gasteiger partial charge in [-0.05, 0) is 60.3 Å². The molecule has 0 N–H and O–H groups in total. The standard InChI is InChI=1S/C29H29N2O.C11H8N.Ir/c1-18-9-7-10-19(2)26(18)30-17-31-23-15-20-21(29(5,6)14-13-28(20,3)4)16-25(23)32-24-12-8-11-22(30)27(24)31;1-2-6-10(7-3-1)11-8-4-5-9-12-11;/h7-12,16H,13-14H2,1-6H3;1-6,8-9H;/q2*-1;+3. The maximum atomic E-state index is 6.50. The van der Waals surface area contributed by atoms with Crippen LogP contribution in [-0.4, -0.2) is 9.55 Å². The Morgan fingerprint density at radius 3 is 2.27 bits per heavy atom. The number of para-hydroxylation sites is 2. The summed E-state index contributed by atoms with van der Waals surface area (Å²) < 4.78 is 10.8. The molecule has 3 heterocycles. The maximum absolute atomic E-state index is 6.50. The fraction of sp³-hybridized carbons (Fsp3) is 0.250. The SMILES string of the molecule is Cc1cccc(C)c1-n1[c-][n+]2c3c(cccc31)Oc1cc3c([c-]c1-2)C(C)(C)CCC3(C)C.[Ir+3].[c-]1ccccc1-c1ccccn1. The molecule has 226 valence electrons. The molecular weight excluding hydrogens is 731 g/mol. The van der Waals surface area contributed by atoms with Crippen LogP contribution >= 0.6 is 0 Å². The number of fused-ring (bicyclic) bond motifs is 3. The van der Waals surface area contributed by atoms with E-state index < -0.39 is 0 Å². The number of nitrogens with zero attached hydrogens (tertiary/aromatic N) is 3. The average molecular weight is 768 g/mol. The molecule has 4 aromatic carbocycles. The molecule has 4 nitrogen and oxygen atoms in total. The molecule has 2 aliphatic rings.